The van der Waals surface area contributed by atoms with Gasteiger partial charge in [-0.25, -0.2) is 8.42 Å². The molecule has 0 aliphatic carbocycles. The minimum absolute atomic E-state index is 0.200. The molecular formula is C19H24N2O4S. The number of benzene rings is 1. The van der Waals surface area contributed by atoms with Gasteiger partial charge in [0.25, 0.3) is 5.91 Å². The SMILES string of the molecule is C=CCNC(=O)c1oc2ccc(S(=O)(=O)N3CCCCCC3)cc2c1C. The quantitative estimate of drug-likeness (QED) is 0.813. The fourth-order valence-corrected chi connectivity index (χ4v) is 4.80. The molecular weight excluding hydrogens is 352 g/mol. The molecule has 1 amide bonds. The van der Waals surface area contributed by atoms with Crippen LogP contribution in [0.5, 0.6) is 0 Å². The average molecular weight is 376 g/mol. The number of furan rings is 1. The standard InChI is InChI=1S/C19H24N2O4S/c1-3-10-20-19(22)18-14(2)16-13-15(8-9-17(16)25-18)26(23,24)21-11-6-4-5-7-12-21/h3,8-9,13H,1,4-7,10-12H2,2H3,(H,20,22). The number of aryl methyl sites for hydroxylation is 1. The molecule has 2 aromatic rings. The second-order valence-electron chi connectivity index (χ2n) is 6.53. The molecule has 1 fully saturated rings. The second kappa shape index (κ2) is 7.63. The van der Waals surface area contributed by atoms with E-state index >= 15 is 0 Å². The van der Waals surface area contributed by atoms with E-state index in [0.29, 0.717) is 36.2 Å². The summed E-state index contributed by atoms with van der Waals surface area (Å²) >= 11 is 0. The van der Waals surface area contributed by atoms with Crippen LogP contribution < -0.4 is 5.32 Å². The maximum Gasteiger partial charge on any atom is 0.287 e. The van der Waals surface area contributed by atoms with Gasteiger partial charge in [-0.05, 0) is 38.0 Å². The zero-order valence-corrected chi connectivity index (χ0v) is 15.8. The first-order chi connectivity index (χ1) is 12.4. The van der Waals surface area contributed by atoms with Crippen molar-refractivity contribution in [3.63, 3.8) is 0 Å². The van der Waals surface area contributed by atoms with Gasteiger partial charge < -0.3 is 9.73 Å². The van der Waals surface area contributed by atoms with Crippen molar-refractivity contribution in [3.8, 4) is 0 Å². The third-order valence-corrected chi connectivity index (χ3v) is 6.62. The number of rotatable bonds is 5. The van der Waals surface area contributed by atoms with Crippen LogP contribution >= 0.6 is 0 Å². The van der Waals surface area contributed by atoms with E-state index in [0.717, 1.165) is 25.7 Å². The summed E-state index contributed by atoms with van der Waals surface area (Å²) in [6.07, 6.45) is 5.49. The van der Waals surface area contributed by atoms with Crippen LogP contribution in [0.3, 0.4) is 0 Å². The molecule has 1 N–H and O–H groups in total. The average Bonchev–Trinajstić information content (AvgIpc) is 2.81. The van der Waals surface area contributed by atoms with Gasteiger partial charge in [0.1, 0.15) is 5.58 Å². The van der Waals surface area contributed by atoms with Gasteiger partial charge in [0.15, 0.2) is 5.76 Å². The number of sulfonamides is 1. The fraction of sp³-hybridized carbons (Fsp3) is 0.421. The summed E-state index contributed by atoms with van der Waals surface area (Å²) in [7, 11) is -3.54. The fourth-order valence-electron chi connectivity index (χ4n) is 3.25. The van der Waals surface area contributed by atoms with E-state index in [1.54, 1.807) is 35.5 Å². The Morgan fingerprint density at radius 1 is 1.27 bits per heavy atom. The molecule has 3 rings (SSSR count). The Labute approximate surface area is 153 Å². The summed E-state index contributed by atoms with van der Waals surface area (Å²) in [6, 6.07) is 4.78. The van der Waals surface area contributed by atoms with Crippen molar-refractivity contribution in [2.24, 2.45) is 0 Å². The second-order valence-corrected chi connectivity index (χ2v) is 8.47. The van der Waals surface area contributed by atoms with Gasteiger partial charge in [-0.3, -0.25) is 4.79 Å². The number of amides is 1. The van der Waals surface area contributed by atoms with Gasteiger partial charge in [0.05, 0.1) is 4.90 Å². The normalized spacial score (nSPS) is 16.3. The number of carbonyl (C=O) groups excluding carboxylic acids is 1. The van der Waals surface area contributed by atoms with E-state index < -0.39 is 10.0 Å². The maximum atomic E-state index is 13.0. The lowest BCUT2D eigenvalue weighted by Gasteiger charge is -2.19. The molecule has 140 valence electrons. The Morgan fingerprint density at radius 2 is 1.96 bits per heavy atom. The summed E-state index contributed by atoms with van der Waals surface area (Å²) in [4.78, 5) is 12.4. The molecule has 1 aliphatic heterocycles. The van der Waals surface area contributed by atoms with E-state index in [1.165, 1.54) is 0 Å². The van der Waals surface area contributed by atoms with Gasteiger partial charge in [0, 0.05) is 30.6 Å². The molecule has 7 heteroatoms. The molecule has 0 bridgehead atoms. The molecule has 0 radical (unpaired) electrons. The van der Waals surface area contributed by atoms with E-state index in [1.807, 2.05) is 0 Å². The molecule has 1 aliphatic rings. The summed E-state index contributed by atoms with van der Waals surface area (Å²) in [5.74, 6) is -0.137. The minimum Gasteiger partial charge on any atom is -0.451 e. The third kappa shape index (κ3) is 3.54. The minimum atomic E-state index is -3.54. The smallest absolute Gasteiger partial charge is 0.287 e. The van der Waals surface area contributed by atoms with Crippen molar-refractivity contribution < 1.29 is 17.6 Å². The first-order valence-electron chi connectivity index (χ1n) is 8.87. The topological polar surface area (TPSA) is 79.6 Å². The molecule has 2 heterocycles. The Balaban J connectivity index is 1.97. The number of nitrogens with one attached hydrogen (secondary N) is 1. The first kappa shape index (κ1) is 18.7. The van der Waals surface area contributed by atoms with Crippen molar-refractivity contribution in [2.75, 3.05) is 19.6 Å². The van der Waals surface area contributed by atoms with Crippen LogP contribution in [0.2, 0.25) is 0 Å². The highest BCUT2D eigenvalue weighted by atomic mass is 32.2. The van der Waals surface area contributed by atoms with E-state index in [-0.39, 0.29) is 16.6 Å². The van der Waals surface area contributed by atoms with E-state index in [2.05, 4.69) is 11.9 Å². The largest absolute Gasteiger partial charge is 0.451 e. The summed E-state index contributed by atoms with van der Waals surface area (Å²) < 4.78 is 33.2. The monoisotopic (exact) mass is 376 g/mol. The lowest BCUT2D eigenvalue weighted by molar-refractivity contribution is 0.0931. The van der Waals surface area contributed by atoms with Crippen molar-refractivity contribution in [1.29, 1.82) is 0 Å². The Hall–Kier alpha value is -2.12. The number of nitrogens with zero attached hydrogens (tertiary/aromatic N) is 1. The Morgan fingerprint density at radius 3 is 2.62 bits per heavy atom. The summed E-state index contributed by atoms with van der Waals surface area (Å²) in [6.45, 7) is 6.77. The van der Waals surface area contributed by atoms with Gasteiger partial charge >= 0.3 is 0 Å². The van der Waals surface area contributed by atoms with Crippen molar-refractivity contribution in [3.05, 3.63) is 42.2 Å². The predicted octanol–water partition coefficient (Wildman–Crippen LogP) is 3.22. The van der Waals surface area contributed by atoms with Gasteiger partial charge in [-0.1, -0.05) is 18.9 Å². The number of hydrogen-bond donors (Lipinski definition) is 1. The van der Waals surface area contributed by atoms with Crippen molar-refractivity contribution in [2.45, 2.75) is 37.5 Å². The van der Waals surface area contributed by atoms with E-state index in [4.69, 9.17) is 4.42 Å². The van der Waals surface area contributed by atoms with Crippen LogP contribution in [0.1, 0.15) is 41.8 Å². The first-order valence-corrected chi connectivity index (χ1v) is 10.3. The lowest BCUT2D eigenvalue weighted by Crippen LogP contribution is -2.31. The van der Waals surface area contributed by atoms with E-state index in [9.17, 15) is 13.2 Å². The molecule has 0 unspecified atom stereocenters. The Kier molecular flexibility index (Phi) is 5.48. The highest BCUT2D eigenvalue weighted by Crippen LogP contribution is 2.29. The van der Waals surface area contributed by atoms with Gasteiger partial charge in [0.2, 0.25) is 10.0 Å². The molecule has 26 heavy (non-hydrogen) atoms. The molecule has 1 saturated heterocycles. The molecule has 0 spiro atoms. The maximum absolute atomic E-state index is 13.0. The highest BCUT2D eigenvalue weighted by molar-refractivity contribution is 7.89. The van der Waals surface area contributed by atoms with Crippen LogP contribution in [0.4, 0.5) is 0 Å². The van der Waals surface area contributed by atoms with Crippen LogP contribution in [0.15, 0.2) is 40.2 Å². The number of carbonyl (C=O) groups is 1. The third-order valence-electron chi connectivity index (χ3n) is 4.72. The predicted molar refractivity (Wildman–Crippen MR) is 101 cm³/mol. The summed E-state index contributed by atoms with van der Waals surface area (Å²) in [5, 5.41) is 3.32. The van der Waals surface area contributed by atoms with Crippen molar-refractivity contribution in [1.82, 2.24) is 9.62 Å². The van der Waals surface area contributed by atoms with Gasteiger partial charge in [-0.2, -0.15) is 4.31 Å². The molecule has 6 nitrogen and oxygen atoms in total. The van der Waals surface area contributed by atoms with Crippen LogP contribution in [-0.2, 0) is 10.0 Å². The van der Waals surface area contributed by atoms with Crippen LogP contribution in [-0.4, -0.2) is 38.3 Å². The summed E-state index contributed by atoms with van der Waals surface area (Å²) in [5.41, 5.74) is 1.13. The molecule has 0 saturated carbocycles. The molecule has 1 aromatic carbocycles. The van der Waals surface area contributed by atoms with Crippen LogP contribution in [0.25, 0.3) is 11.0 Å². The van der Waals surface area contributed by atoms with Crippen LogP contribution in [0, 0.1) is 6.92 Å². The van der Waals surface area contributed by atoms with Gasteiger partial charge in [-0.15, -0.1) is 6.58 Å². The molecule has 1 aromatic heterocycles. The number of fused-ring (bicyclic) bond motifs is 1. The zero-order chi connectivity index (χ0) is 18.7. The lowest BCUT2D eigenvalue weighted by atomic mass is 10.1. The Bertz CT molecular complexity index is 922. The number of hydrogen-bond acceptors (Lipinski definition) is 4. The zero-order valence-electron chi connectivity index (χ0n) is 15.0. The van der Waals surface area contributed by atoms with Crippen molar-refractivity contribution >= 4 is 26.9 Å². The molecule has 0 atom stereocenters. The highest BCUT2D eigenvalue weighted by Gasteiger charge is 2.26.